The number of carboxylic acid groups (broad SMARTS) is 1. The molecule has 0 aromatic heterocycles. The Hall–Kier alpha value is -1.84. The Morgan fingerprint density at radius 3 is 2.43 bits per heavy atom. The second-order valence-electron chi connectivity index (χ2n) is 5.40. The Balaban J connectivity index is 2.28. The second kappa shape index (κ2) is 9.16. The largest absolute Gasteiger partial charge is 0.481 e. The van der Waals surface area contributed by atoms with E-state index in [0.29, 0.717) is 25.8 Å². The lowest BCUT2D eigenvalue weighted by atomic mass is 9.96. The van der Waals surface area contributed by atoms with Crippen LogP contribution in [0.25, 0.3) is 0 Å². The zero-order chi connectivity index (χ0) is 15.7. The first kappa shape index (κ1) is 17.2. The van der Waals surface area contributed by atoms with E-state index in [1.54, 1.807) is 0 Å². The van der Waals surface area contributed by atoms with Crippen molar-refractivity contribution >= 4 is 11.9 Å². The van der Waals surface area contributed by atoms with E-state index in [1.165, 1.54) is 11.1 Å². The molecule has 0 saturated heterocycles. The third kappa shape index (κ3) is 6.93. The molecule has 0 aliphatic heterocycles. The van der Waals surface area contributed by atoms with Crippen LogP contribution in [0, 0.1) is 0 Å². The molecule has 4 heteroatoms. The van der Waals surface area contributed by atoms with E-state index in [9.17, 15) is 9.59 Å². The molecule has 0 bridgehead atoms. The molecule has 1 aromatic rings. The molecule has 0 aliphatic rings. The maximum Gasteiger partial charge on any atom is 0.303 e. The van der Waals surface area contributed by atoms with E-state index in [-0.39, 0.29) is 18.2 Å². The van der Waals surface area contributed by atoms with Crippen molar-refractivity contribution in [3.05, 3.63) is 35.4 Å². The van der Waals surface area contributed by atoms with Crippen LogP contribution >= 0.6 is 0 Å². The highest BCUT2D eigenvalue weighted by Crippen LogP contribution is 2.19. The maximum atomic E-state index is 11.8. The van der Waals surface area contributed by atoms with Crippen LogP contribution in [0.15, 0.2) is 24.3 Å². The minimum Gasteiger partial charge on any atom is -0.481 e. The predicted octanol–water partition coefficient (Wildman–Crippen LogP) is 3.11. The van der Waals surface area contributed by atoms with Crippen molar-refractivity contribution in [2.24, 2.45) is 0 Å². The number of hydrogen-bond donors (Lipinski definition) is 2. The van der Waals surface area contributed by atoms with Crippen molar-refractivity contribution in [3.8, 4) is 0 Å². The summed E-state index contributed by atoms with van der Waals surface area (Å²) in [4.78, 5) is 22.2. The molecule has 116 valence electrons. The summed E-state index contributed by atoms with van der Waals surface area (Å²) in [7, 11) is 0. The molecule has 1 rings (SSSR count). The van der Waals surface area contributed by atoms with Gasteiger partial charge in [-0.15, -0.1) is 0 Å². The summed E-state index contributed by atoms with van der Waals surface area (Å²) in [5.41, 5.74) is 2.47. The normalized spacial score (nSPS) is 11.9. The van der Waals surface area contributed by atoms with E-state index >= 15 is 0 Å². The van der Waals surface area contributed by atoms with Crippen molar-refractivity contribution in [1.29, 1.82) is 0 Å². The van der Waals surface area contributed by atoms with Gasteiger partial charge in [-0.1, -0.05) is 38.1 Å². The minimum atomic E-state index is -0.787. The van der Waals surface area contributed by atoms with Gasteiger partial charge in [0.2, 0.25) is 5.91 Å². The van der Waals surface area contributed by atoms with E-state index < -0.39 is 5.97 Å². The number of carbonyl (C=O) groups is 2. The quantitative estimate of drug-likeness (QED) is 0.687. The van der Waals surface area contributed by atoms with Gasteiger partial charge in [-0.05, 0) is 36.3 Å². The number of aryl methyl sites for hydroxylation is 1. The number of aliphatic carboxylic acids is 1. The van der Waals surface area contributed by atoms with Crippen molar-refractivity contribution in [2.75, 3.05) is 6.54 Å². The highest BCUT2D eigenvalue weighted by Gasteiger charge is 2.10. The summed E-state index contributed by atoms with van der Waals surface area (Å²) in [6, 6.07) is 8.39. The topological polar surface area (TPSA) is 66.4 Å². The van der Waals surface area contributed by atoms with Gasteiger partial charge in [-0.25, -0.2) is 0 Å². The first-order chi connectivity index (χ1) is 10.0. The summed E-state index contributed by atoms with van der Waals surface area (Å²) in [5.74, 6) is -0.571. The lowest BCUT2D eigenvalue weighted by Crippen LogP contribution is -2.25. The van der Waals surface area contributed by atoms with Crippen LogP contribution in [0.1, 0.15) is 56.6 Å². The van der Waals surface area contributed by atoms with Crippen molar-refractivity contribution in [2.45, 2.75) is 51.9 Å². The van der Waals surface area contributed by atoms with E-state index in [1.807, 2.05) is 6.92 Å². The fourth-order valence-electron chi connectivity index (χ4n) is 2.18. The number of unbranched alkanes of at least 4 members (excludes halogenated alkanes) is 1. The number of hydrogen-bond acceptors (Lipinski definition) is 2. The third-order valence-electron chi connectivity index (χ3n) is 3.59. The third-order valence-corrected chi connectivity index (χ3v) is 3.59. The second-order valence-corrected chi connectivity index (χ2v) is 5.40. The molecule has 1 unspecified atom stereocenters. The molecule has 0 radical (unpaired) electrons. The van der Waals surface area contributed by atoms with Gasteiger partial charge in [-0.2, -0.15) is 0 Å². The molecule has 2 N–H and O–H groups in total. The number of amides is 1. The fourth-order valence-corrected chi connectivity index (χ4v) is 2.18. The van der Waals surface area contributed by atoms with Gasteiger partial charge in [0.05, 0.1) is 0 Å². The smallest absolute Gasteiger partial charge is 0.303 e. The van der Waals surface area contributed by atoms with Crippen LogP contribution in [0.2, 0.25) is 0 Å². The van der Waals surface area contributed by atoms with Gasteiger partial charge >= 0.3 is 5.97 Å². The SMILES string of the molecule is CCc1ccc(C(C)CC(=O)NCCCCC(=O)O)cc1. The van der Waals surface area contributed by atoms with Gasteiger partial charge in [0.15, 0.2) is 0 Å². The van der Waals surface area contributed by atoms with Crippen molar-refractivity contribution in [3.63, 3.8) is 0 Å². The molecular weight excluding hydrogens is 266 g/mol. The highest BCUT2D eigenvalue weighted by molar-refractivity contribution is 5.76. The first-order valence-corrected chi connectivity index (χ1v) is 7.60. The summed E-state index contributed by atoms with van der Waals surface area (Å²) >= 11 is 0. The van der Waals surface area contributed by atoms with Gasteiger partial charge in [0.25, 0.3) is 0 Å². The molecule has 1 amide bonds. The van der Waals surface area contributed by atoms with Gasteiger partial charge in [0, 0.05) is 19.4 Å². The first-order valence-electron chi connectivity index (χ1n) is 7.60. The van der Waals surface area contributed by atoms with Crippen LogP contribution < -0.4 is 5.32 Å². The van der Waals surface area contributed by atoms with Gasteiger partial charge in [0.1, 0.15) is 0 Å². The van der Waals surface area contributed by atoms with Crippen molar-refractivity contribution < 1.29 is 14.7 Å². The molecule has 1 aromatic carbocycles. The Labute approximate surface area is 126 Å². The van der Waals surface area contributed by atoms with Crippen LogP contribution in [-0.4, -0.2) is 23.5 Å². The molecule has 0 spiro atoms. The maximum absolute atomic E-state index is 11.8. The lowest BCUT2D eigenvalue weighted by molar-refractivity contribution is -0.137. The zero-order valence-corrected chi connectivity index (χ0v) is 12.9. The molecule has 0 saturated carbocycles. The standard InChI is InChI=1S/C17H25NO3/c1-3-14-7-9-15(10-8-14)13(2)12-16(19)18-11-5-4-6-17(20)21/h7-10,13H,3-6,11-12H2,1-2H3,(H,18,19)(H,20,21). The lowest BCUT2D eigenvalue weighted by Gasteiger charge is -2.12. The van der Waals surface area contributed by atoms with Crippen molar-refractivity contribution in [1.82, 2.24) is 5.32 Å². The highest BCUT2D eigenvalue weighted by atomic mass is 16.4. The monoisotopic (exact) mass is 291 g/mol. The number of carbonyl (C=O) groups excluding carboxylic acids is 1. The summed E-state index contributed by atoms with van der Waals surface area (Å²) in [6.45, 7) is 4.72. The Bertz CT molecular complexity index is 454. The van der Waals surface area contributed by atoms with Crippen LogP contribution in [0.3, 0.4) is 0 Å². The molecule has 1 atom stereocenters. The van der Waals surface area contributed by atoms with Crippen LogP contribution in [0.4, 0.5) is 0 Å². The van der Waals surface area contributed by atoms with Crippen LogP contribution in [-0.2, 0) is 16.0 Å². The minimum absolute atomic E-state index is 0.0254. The molecule has 0 fully saturated rings. The number of benzene rings is 1. The summed E-state index contributed by atoms with van der Waals surface area (Å²) in [5, 5.41) is 11.4. The Kier molecular flexibility index (Phi) is 7.51. The fraction of sp³-hybridized carbons (Fsp3) is 0.529. The Morgan fingerprint density at radius 2 is 1.86 bits per heavy atom. The number of rotatable bonds is 9. The van der Waals surface area contributed by atoms with Crippen LogP contribution in [0.5, 0.6) is 0 Å². The zero-order valence-electron chi connectivity index (χ0n) is 12.9. The predicted molar refractivity (Wildman–Crippen MR) is 83.3 cm³/mol. The van der Waals surface area contributed by atoms with E-state index in [0.717, 1.165) is 6.42 Å². The van der Waals surface area contributed by atoms with E-state index in [2.05, 4.69) is 36.5 Å². The van der Waals surface area contributed by atoms with E-state index in [4.69, 9.17) is 5.11 Å². The molecule has 0 aliphatic carbocycles. The average Bonchev–Trinajstić information content (AvgIpc) is 2.46. The molecular formula is C17H25NO3. The molecule has 0 heterocycles. The summed E-state index contributed by atoms with van der Waals surface area (Å²) < 4.78 is 0. The number of carboxylic acids is 1. The summed E-state index contributed by atoms with van der Waals surface area (Å²) in [6.07, 6.45) is 2.95. The Morgan fingerprint density at radius 1 is 1.19 bits per heavy atom. The van der Waals surface area contributed by atoms with Gasteiger partial charge < -0.3 is 10.4 Å². The molecule has 21 heavy (non-hydrogen) atoms. The average molecular weight is 291 g/mol. The van der Waals surface area contributed by atoms with Gasteiger partial charge in [-0.3, -0.25) is 9.59 Å². The molecule has 4 nitrogen and oxygen atoms in total. The number of nitrogens with one attached hydrogen (secondary N) is 1.